The summed E-state index contributed by atoms with van der Waals surface area (Å²) in [6, 6.07) is 4.08. The molecule has 1 heterocycles. The average Bonchev–Trinajstić information content (AvgIpc) is 2.31. The molecule has 0 bridgehead atoms. The molecule has 0 saturated heterocycles. The van der Waals surface area contributed by atoms with Crippen LogP contribution >= 0.6 is 47.8 Å². The smallest absolute Gasteiger partial charge is 0.0488 e. The maximum atomic E-state index is 3.50. The molecule has 12 heavy (non-hydrogen) atoms. The molecule has 0 aliphatic carbocycles. The number of nitrogens with one attached hydrogen (secondary N) is 1. The molecule has 0 aliphatic rings. The molecular weight excluding hydrogens is 350 g/mol. The summed E-state index contributed by atoms with van der Waals surface area (Å²) in [6.07, 6.45) is 1.93. The molecule has 0 fully saturated rings. The van der Waals surface area contributed by atoms with Crippen molar-refractivity contribution < 1.29 is 0 Å². The Labute approximate surface area is 94.9 Å². The number of rotatable bonds is 0. The van der Waals surface area contributed by atoms with Crippen LogP contribution in [0.4, 0.5) is 0 Å². The number of benzene rings is 1. The number of hydrogen-bond donors (Lipinski definition) is 1. The molecule has 0 spiro atoms. The van der Waals surface area contributed by atoms with Gasteiger partial charge in [0.25, 0.3) is 0 Å². The molecule has 62 valence electrons. The Bertz CT molecular complexity index is 433. The van der Waals surface area contributed by atoms with Crippen LogP contribution in [0.3, 0.4) is 0 Å². The van der Waals surface area contributed by atoms with E-state index in [2.05, 4.69) is 52.8 Å². The van der Waals surface area contributed by atoms with Gasteiger partial charge in [-0.3, -0.25) is 0 Å². The molecule has 1 N–H and O–H groups in total. The fraction of sp³-hybridized carbons (Fsp3) is 0. The van der Waals surface area contributed by atoms with Crippen molar-refractivity contribution in [3.63, 3.8) is 0 Å². The highest BCUT2D eigenvalue weighted by atomic mass is 79.9. The molecule has 0 amide bonds. The summed E-state index contributed by atoms with van der Waals surface area (Å²) in [6.45, 7) is 0. The van der Waals surface area contributed by atoms with Gasteiger partial charge < -0.3 is 4.98 Å². The van der Waals surface area contributed by atoms with Gasteiger partial charge in [0.2, 0.25) is 0 Å². The molecule has 0 radical (unpaired) electrons. The second-order valence-electron chi connectivity index (χ2n) is 2.45. The highest BCUT2D eigenvalue weighted by Gasteiger charge is 2.05. The summed E-state index contributed by atoms with van der Waals surface area (Å²) in [5.74, 6) is 0. The first kappa shape index (κ1) is 8.78. The van der Waals surface area contributed by atoms with Crippen LogP contribution in [0.25, 0.3) is 10.9 Å². The molecule has 1 nitrogen and oxygen atoms in total. The van der Waals surface area contributed by atoms with Crippen LogP contribution < -0.4 is 0 Å². The third kappa shape index (κ3) is 1.36. The van der Waals surface area contributed by atoms with Gasteiger partial charge in [0, 0.05) is 30.5 Å². The van der Waals surface area contributed by atoms with E-state index < -0.39 is 0 Å². The molecule has 4 heteroatoms. The van der Waals surface area contributed by atoms with Gasteiger partial charge >= 0.3 is 0 Å². The molecule has 1 aromatic heterocycles. The minimum Gasteiger partial charge on any atom is -0.360 e. The lowest BCUT2D eigenvalue weighted by Gasteiger charge is -1.96. The lowest BCUT2D eigenvalue weighted by atomic mass is 10.2. The third-order valence-electron chi connectivity index (χ3n) is 1.65. The van der Waals surface area contributed by atoms with Crippen LogP contribution in [0, 0.1) is 0 Å². The SMILES string of the molecule is Brc1cc(Br)c2c(Br)c[nH]c2c1. The minimum absolute atomic E-state index is 1.07. The highest BCUT2D eigenvalue weighted by molar-refractivity contribution is 9.11. The van der Waals surface area contributed by atoms with Crippen molar-refractivity contribution in [3.8, 4) is 0 Å². The molecule has 2 aromatic rings. The molecule has 0 atom stereocenters. The van der Waals surface area contributed by atoms with Crippen molar-refractivity contribution >= 4 is 58.7 Å². The van der Waals surface area contributed by atoms with Gasteiger partial charge in [0.1, 0.15) is 0 Å². The Hall–Kier alpha value is 0.200. The van der Waals surface area contributed by atoms with E-state index in [9.17, 15) is 0 Å². The summed E-state index contributed by atoms with van der Waals surface area (Å²) in [5, 5.41) is 1.18. The number of aromatic amines is 1. The van der Waals surface area contributed by atoms with Crippen molar-refractivity contribution in [2.45, 2.75) is 0 Å². The monoisotopic (exact) mass is 351 g/mol. The van der Waals surface area contributed by atoms with E-state index in [-0.39, 0.29) is 0 Å². The Morgan fingerprint density at radius 1 is 1.00 bits per heavy atom. The molecule has 0 saturated carbocycles. The summed E-state index contributed by atoms with van der Waals surface area (Å²) in [7, 11) is 0. The number of aromatic nitrogens is 1. The molecular formula is C8H4Br3N. The van der Waals surface area contributed by atoms with Crippen molar-refractivity contribution in [1.29, 1.82) is 0 Å². The number of halogens is 3. The number of hydrogen-bond acceptors (Lipinski definition) is 0. The van der Waals surface area contributed by atoms with Crippen molar-refractivity contribution in [2.75, 3.05) is 0 Å². The van der Waals surface area contributed by atoms with E-state index in [4.69, 9.17) is 0 Å². The van der Waals surface area contributed by atoms with Gasteiger partial charge in [0.05, 0.1) is 0 Å². The maximum absolute atomic E-state index is 3.50. The Morgan fingerprint density at radius 3 is 2.50 bits per heavy atom. The quantitative estimate of drug-likeness (QED) is 0.720. The second kappa shape index (κ2) is 3.16. The lowest BCUT2D eigenvalue weighted by molar-refractivity contribution is 1.46. The van der Waals surface area contributed by atoms with Crippen LogP contribution in [0.1, 0.15) is 0 Å². The van der Waals surface area contributed by atoms with E-state index in [0.29, 0.717) is 0 Å². The van der Waals surface area contributed by atoms with Gasteiger partial charge in [-0.1, -0.05) is 31.9 Å². The second-order valence-corrected chi connectivity index (χ2v) is 5.07. The van der Waals surface area contributed by atoms with Crippen molar-refractivity contribution in [2.24, 2.45) is 0 Å². The van der Waals surface area contributed by atoms with E-state index in [1.807, 2.05) is 18.3 Å². The predicted molar refractivity (Wildman–Crippen MR) is 61.4 cm³/mol. The third-order valence-corrected chi connectivity index (χ3v) is 3.36. The first-order chi connectivity index (χ1) is 5.68. The zero-order valence-electron chi connectivity index (χ0n) is 5.87. The van der Waals surface area contributed by atoms with E-state index >= 15 is 0 Å². The van der Waals surface area contributed by atoms with Crippen LogP contribution in [-0.2, 0) is 0 Å². The Kier molecular flexibility index (Phi) is 2.31. The van der Waals surface area contributed by atoms with Gasteiger partial charge in [-0.25, -0.2) is 0 Å². The first-order valence-corrected chi connectivity index (χ1v) is 5.68. The van der Waals surface area contributed by atoms with Gasteiger partial charge in [-0.05, 0) is 28.1 Å². The zero-order valence-corrected chi connectivity index (χ0v) is 10.6. The summed E-state index contributed by atoms with van der Waals surface area (Å²) >= 11 is 10.4. The predicted octanol–water partition coefficient (Wildman–Crippen LogP) is 4.46. The zero-order chi connectivity index (χ0) is 8.72. The largest absolute Gasteiger partial charge is 0.360 e. The fourth-order valence-corrected chi connectivity index (χ4v) is 3.39. The maximum Gasteiger partial charge on any atom is 0.0488 e. The highest BCUT2D eigenvalue weighted by Crippen LogP contribution is 2.33. The van der Waals surface area contributed by atoms with E-state index in [1.165, 1.54) is 5.39 Å². The topological polar surface area (TPSA) is 15.8 Å². The van der Waals surface area contributed by atoms with Crippen LogP contribution in [0.5, 0.6) is 0 Å². The lowest BCUT2D eigenvalue weighted by Crippen LogP contribution is -1.71. The Balaban J connectivity index is 2.93. The summed E-state index contributed by atoms with van der Waals surface area (Å²) in [5.41, 5.74) is 1.11. The Morgan fingerprint density at radius 2 is 1.75 bits per heavy atom. The summed E-state index contributed by atoms with van der Waals surface area (Å²) < 4.78 is 3.23. The van der Waals surface area contributed by atoms with Crippen molar-refractivity contribution in [3.05, 3.63) is 31.7 Å². The first-order valence-electron chi connectivity index (χ1n) is 3.30. The van der Waals surface area contributed by atoms with Gasteiger partial charge in [0.15, 0.2) is 0 Å². The van der Waals surface area contributed by atoms with Crippen LogP contribution in [-0.4, -0.2) is 4.98 Å². The minimum atomic E-state index is 1.07. The fourth-order valence-electron chi connectivity index (χ4n) is 1.14. The van der Waals surface area contributed by atoms with Gasteiger partial charge in [-0.15, -0.1) is 0 Å². The normalized spacial score (nSPS) is 10.9. The molecule has 2 rings (SSSR count). The van der Waals surface area contributed by atoms with E-state index in [0.717, 1.165) is 18.9 Å². The number of H-pyrrole nitrogens is 1. The van der Waals surface area contributed by atoms with Gasteiger partial charge in [-0.2, -0.15) is 0 Å². The average molecular weight is 354 g/mol. The molecule has 0 aliphatic heterocycles. The summed E-state index contributed by atoms with van der Waals surface area (Å²) in [4.78, 5) is 3.16. The molecule has 0 unspecified atom stereocenters. The van der Waals surface area contributed by atoms with Crippen LogP contribution in [0.2, 0.25) is 0 Å². The van der Waals surface area contributed by atoms with E-state index in [1.54, 1.807) is 0 Å². The standard InChI is InChI=1S/C8H4Br3N/c9-4-1-5(10)8-6(11)3-12-7(8)2-4/h1-3,12H. The van der Waals surface area contributed by atoms with Crippen molar-refractivity contribution in [1.82, 2.24) is 4.98 Å². The number of fused-ring (bicyclic) bond motifs is 1. The van der Waals surface area contributed by atoms with Crippen LogP contribution in [0.15, 0.2) is 31.7 Å². The molecule has 1 aromatic carbocycles.